The average Bonchev–Trinajstić information content (AvgIpc) is 2.75. The van der Waals surface area contributed by atoms with Gasteiger partial charge in [-0.25, -0.2) is 9.97 Å². The number of aromatic nitrogens is 2. The Morgan fingerprint density at radius 2 is 1.68 bits per heavy atom. The number of rotatable bonds is 7. The molecule has 144 valence electrons. The van der Waals surface area contributed by atoms with Crippen LogP contribution in [0.25, 0.3) is 0 Å². The Bertz CT molecular complexity index is 930. The first-order valence-electron chi connectivity index (χ1n) is 8.84. The number of amides is 1. The number of hydrogen-bond acceptors (Lipinski definition) is 6. The molecule has 0 saturated heterocycles. The van der Waals surface area contributed by atoms with Crippen LogP contribution in [-0.2, 0) is 0 Å². The monoisotopic (exact) mass is 378 g/mol. The van der Waals surface area contributed by atoms with Gasteiger partial charge < -0.3 is 19.7 Å². The van der Waals surface area contributed by atoms with E-state index >= 15 is 0 Å². The standard InChI is InChI=1S/C21H22N4O3/c1-4-25(17-8-6-5-7-9-17)20(26)15-13-22-21(23-14-15)24-16-10-11-18(27-2)19(12-16)28-3/h5-14H,4H2,1-3H3,(H,22,23,24). The molecule has 0 aliphatic heterocycles. The van der Waals surface area contributed by atoms with E-state index in [0.717, 1.165) is 11.4 Å². The smallest absolute Gasteiger partial charge is 0.261 e. The first-order valence-corrected chi connectivity index (χ1v) is 8.84. The van der Waals surface area contributed by atoms with Crippen molar-refractivity contribution in [3.05, 3.63) is 66.5 Å². The molecule has 0 aliphatic carbocycles. The minimum atomic E-state index is -0.147. The molecule has 1 heterocycles. The van der Waals surface area contributed by atoms with E-state index in [1.54, 1.807) is 31.3 Å². The van der Waals surface area contributed by atoms with Crippen LogP contribution in [0.3, 0.4) is 0 Å². The van der Waals surface area contributed by atoms with Crippen LogP contribution in [0.2, 0.25) is 0 Å². The van der Waals surface area contributed by atoms with Crippen molar-refractivity contribution in [2.24, 2.45) is 0 Å². The molecule has 2 aromatic carbocycles. The molecule has 1 amide bonds. The summed E-state index contributed by atoms with van der Waals surface area (Å²) >= 11 is 0. The second-order valence-electron chi connectivity index (χ2n) is 5.88. The number of hydrogen-bond donors (Lipinski definition) is 1. The summed E-state index contributed by atoms with van der Waals surface area (Å²) < 4.78 is 10.5. The summed E-state index contributed by atoms with van der Waals surface area (Å²) in [7, 11) is 3.16. The largest absolute Gasteiger partial charge is 0.493 e. The van der Waals surface area contributed by atoms with Crippen molar-refractivity contribution in [3.63, 3.8) is 0 Å². The minimum Gasteiger partial charge on any atom is -0.493 e. The maximum absolute atomic E-state index is 12.8. The number of methoxy groups -OCH3 is 2. The molecular weight excluding hydrogens is 356 g/mol. The lowest BCUT2D eigenvalue weighted by molar-refractivity contribution is 0.0987. The van der Waals surface area contributed by atoms with E-state index in [2.05, 4.69) is 15.3 Å². The molecule has 1 aromatic heterocycles. The molecule has 0 unspecified atom stereocenters. The highest BCUT2D eigenvalue weighted by molar-refractivity contribution is 6.05. The van der Waals surface area contributed by atoms with E-state index < -0.39 is 0 Å². The number of nitrogens with zero attached hydrogens (tertiary/aromatic N) is 3. The van der Waals surface area contributed by atoms with Gasteiger partial charge in [0, 0.05) is 36.4 Å². The van der Waals surface area contributed by atoms with E-state index in [4.69, 9.17) is 9.47 Å². The Hall–Kier alpha value is -3.61. The van der Waals surface area contributed by atoms with Crippen LogP contribution in [0.4, 0.5) is 17.3 Å². The second kappa shape index (κ2) is 8.85. The number of benzene rings is 2. The number of nitrogens with one attached hydrogen (secondary N) is 1. The van der Waals surface area contributed by atoms with Crippen molar-refractivity contribution in [1.29, 1.82) is 0 Å². The van der Waals surface area contributed by atoms with Crippen LogP contribution in [0.5, 0.6) is 11.5 Å². The van der Waals surface area contributed by atoms with Gasteiger partial charge in [0.1, 0.15) is 0 Å². The Morgan fingerprint density at radius 3 is 2.29 bits per heavy atom. The summed E-state index contributed by atoms with van der Waals surface area (Å²) in [6.45, 7) is 2.48. The summed E-state index contributed by atoms with van der Waals surface area (Å²) in [5.74, 6) is 1.47. The molecule has 3 rings (SSSR count). The first kappa shape index (κ1) is 19.2. The Balaban J connectivity index is 1.75. The van der Waals surface area contributed by atoms with Crippen LogP contribution in [0.1, 0.15) is 17.3 Å². The van der Waals surface area contributed by atoms with Crippen molar-refractivity contribution in [1.82, 2.24) is 9.97 Å². The fourth-order valence-corrected chi connectivity index (χ4v) is 2.75. The lowest BCUT2D eigenvalue weighted by Crippen LogP contribution is -2.30. The molecule has 0 saturated carbocycles. The second-order valence-corrected chi connectivity index (χ2v) is 5.88. The van der Waals surface area contributed by atoms with Gasteiger partial charge >= 0.3 is 0 Å². The third kappa shape index (κ3) is 4.20. The van der Waals surface area contributed by atoms with E-state index in [-0.39, 0.29) is 5.91 Å². The highest BCUT2D eigenvalue weighted by Gasteiger charge is 2.17. The molecule has 7 nitrogen and oxygen atoms in total. The van der Waals surface area contributed by atoms with Gasteiger partial charge in [-0.15, -0.1) is 0 Å². The average molecular weight is 378 g/mol. The SMILES string of the molecule is CCN(C(=O)c1cnc(Nc2ccc(OC)c(OC)c2)nc1)c1ccccc1. The van der Waals surface area contributed by atoms with E-state index in [9.17, 15) is 4.79 Å². The number of para-hydroxylation sites is 1. The summed E-state index contributed by atoms with van der Waals surface area (Å²) in [5.41, 5.74) is 2.00. The number of carbonyl (C=O) groups is 1. The molecule has 7 heteroatoms. The van der Waals surface area contributed by atoms with Crippen molar-refractivity contribution in [2.75, 3.05) is 31.0 Å². The summed E-state index contributed by atoms with van der Waals surface area (Å²) in [5, 5.41) is 3.09. The maximum Gasteiger partial charge on any atom is 0.261 e. The molecule has 3 aromatic rings. The third-order valence-electron chi connectivity index (χ3n) is 4.17. The van der Waals surface area contributed by atoms with Gasteiger partial charge in [-0.1, -0.05) is 18.2 Å². The Morgan fingerprint density at radius 1 is 1.00 bits per heavy atom. The number of ether oxygens (including phenoxy) is 2. The van der Waals surface area contributed by atoms with E-state index in [1.807, 2.05) is 43.3 Å². The molecule has 0 radical (unpaired) electrons. The fraction of sp³-hybridized carbons (Fsp3) is 0.190. The van der Waals surface area contributed by atoms with Crippen molar-refractivity contribution >= 4 is 23.2 Å². The maximum atomic E-state index is 12.8. The summed E-state index contributed by atoms with van der Waals surface area (Å²) in [4.78, 5) is 23.0. The lowest BCUT2D eigenvalue weighted by Gasteiger charge is -2.20. The molecule has 28 heavy (non-hydrogen) atoms. The summed E-state index contributed by atoms with van der Waals surface area (Å²) in [6, 6.07) is 14.9. The first-order chi connectivity index (χ1) is 13.7. The van der Waals surface area contributed by atoms with Crippen LogP contribution >= 0.6 is 0 Å². The van der Waals surface area contributed by atoms with Crippen LogP contribution in [0, 0.1) is 0 Å². The van der Waals surface area contributed by atoms with Crippen molar-refractivity contribution < 1.29 is 14.3 Å². The zero-order chi connectivity index (χ0) is 19.9. The predicted octanol–water partition coefficient (Wildman–Crippen LogP) is 3.90. The Labute approximate surface area is 164 Å². The van der Waals surface area contributed by atoms with Gasteiger partial charge in [-0.3, -0.25) is 4.79 Å². The molecule has 1 N–H and O–H groups in total. The van der Waals surface area contributed by atoms with E-state index in [0.29, 0.717) is 29.6 Å². The van der Waals surface area contributed by atoms with Crippen LogP contribution in [0.15, 0.2) is 60.9 Å². The molecule has 0 fully saturated rings. The minimum absolute atomic E-state index is 0.147. The molecular formula is C21H22N4O3. The normalized spacial score (nSPS) is 10.2. The zero-order valence-electron chi connectivity index (χ0n) is 16.0. The molecule has 0 bridgehead atoms. The van der Waals surface area contributed by atoms with Crippen molar-refractivity contribution in [2.45, 2.75) is 6.92 Å². The summed E-state index contributed by atoms with van der Waals surface area (Å²) in [6.07, 6.45) is 3.04. The van der Waals surface area contributed by atoms with Gasteiger partial charge in [0.2, 0.25) is 5.95 Å². The van der Waals surface area contributed by atoms with Gasteiger partial charge in [0.15, 0.2) is 11.5 Å². The van der Waals surface area contributed by atoms with E-state index in [1.165, 1.54) is 12.4 Å². The lowest BCUT2D eigenvalue weighted by atomic mass is 10.2. The van der Waals surface area contributed by atoms with Gasteiger partial charge in [-0.2, -0.15) is 0 Å². The predicted molar refractivity (Wildman–Crippen MR) is 109 cm³/mol. The van der Waals surface area contributed by atoms with Gasteiger partial charge in [0.25, 0.3) is 5.91 Å². The zero-order valence-corrected chi connectivity index (χ0v) is 16.0. The number of anilines is 3. The number of carbonyl (C=O) groups excluding carboxylic acids is 1. The quantitative estimate of drug-likeness (QED) is 0.672. The van der Waals surface area contributed by atoms with Gasteiger partial charge in [0.05, 0.1) is 19.8 Å². The van der Waals surface area contributed by atoms with Gasteiger partial charge in [-0.05, 0) is 31.2 Å². The van der Waals surface area contributed by atoms with Crippen molar-refractivity contribution in [3.8, 4) is 11.5 Å². The molecule has 0 atom stereocenters. The fourth-order valence-electron chi connectivity index (χ4n) is 2.75. The Kier molecular flexibility index (Phi) is 6.06. The topological polar surface area (TPSA) is 76.6 Å². The third-order valence-corrected chi connectivity index (χ3v) is 4.17. The highest BCUT2D eigenvalue weighted by atomic mass is 16.5. The van der Waals surface area contributed by atoms with Crippen LogP contribution in [-0.4, -0.2) is 36.6 Å². The van der Waals surface area contributed by atoms with Crippen LogP contribution < -0.4 is 19.7 Å². The molecule has 0 spiro atoms. The highest BCUT2D eigenvalue weighted by Crippen LogP contribution is 2.30. The molecule has 0 aliphatic rings.